The van der Waals surface area contributed by atoms with Gasteiger partial charge in [0.1, 0.15) is 5.75 Å². The van der Waals surface area contributed by atoms with Crippen LogP contribution in [0.5, 0.6) is 5.75 Å². The summed E-state index contributed by atoms with van der Waals surface area (Å²) in [4.78, 5) is 25.2. The van der Waals surface area contributed by atoms with Crippen molar-refractivity contribution in [2.45, 2.75) is 6.92 Å². The second kappa shape index (κ2) is 8.11. The number of carbonyl (C=O) groups excluding carboxylic acids is 2. The Morgan fingerprint density at radius 3 is 2.33 bits per heavy atom. The van der Waals surface area contributed by atoms with Crippen molar-refractivity contribution in [3.05, 3.63) is 71.3 Å². The zero-order chi connectivity index (χ0) is 17.5. The number of allylic oxidation sites excluding steroid dienone is 1. The largest absolute Gasteiger partial charge is 0.484 e. The number of amides is 1. The molecule has 0 saturated carbocycles. The number of hydrogen-bond acceptors (Lipinski definition) is 3. The van der Waals surface area contributed by atoms with Crippen LogP contribution in [0.4, 0.5) is 0 Å². The molecule has 0 spiro atoms. The molecular weight excluding hydrogens is 302 g/mol. The maximum Gasteiger partial charge on any atom is 0.259 e. The minimum atomic E-state index is -0.115. The first-order valence-corrected chi connectivity index (χ1v) is 7.68. The lowest BCUT2D eigenvalue weighted by molar-refractivity contribution is -0.130. The van der Waals surface area contributed by atoms with E-state index >= 15 is 0 Å². The van der Waals surface area contributed by atoms with Crippen LogP contribution in [-0.2, 0) is 4.79 Å². The molecule has 2 rings (SSSR count). The van der Waals surface area contributed by atoms with Crippen molar-refractivity contribution in [2.75, 3.05) is 20.7 Å². The molecule has 0 heterocycles. The average molecular weight is 323 g/mol. The average Bonchev–Trinajstić information content (AvgIpc) is 2.59. The first-order valence-electron chi connectivity index (χ1n) is 7.68. The van der Waals surface area contributed by atoms with Gasteiger partial charge in [0.25, 0.3) is 5.91 Å². The Morgan fingerprint density at radius 2 is 1.71 bits per heavy atom. The summed E-state index contributed by atoms with van der Waals surface area (Å²) in [5.74, 6) is 0.370. The van der Waals surface area contributed by atoms with Gasteiger partial charge in [-0.05, 0) is 48.4 Å². The van der Waals surface area contributed by atoms with E-state index in [2.05, 4.69) is 0 Å². The van der Waals surface area contributed by atoms with E-state index in [1.807, 2.05) is 37.3 Å². The second-order valence-corrected chi connectivity index (χ2v) is 5.66. The van der Waals surface area contributed by atoms with Crippen LogP contribution >= 0.6 is 0 Å². The number of hydrogen-bond donors (Lipinski definition) is 0. The molecule has 0 N–H and O–H groups in total. The van der Waals surface area contributed by atoms with Gasteiger partial charge in [-0.3, -0.25) is 9.59 Å². The van der Waals surface area contributed by atoms with Crippen LogP contribution in [-0.4, -0.2) is 37.3 Å². The fourth-order valence-electron chi connectivity index (χ4n) is 2.03. The quantitative estimate of drug-likeness (QED) is 0.605. The number of ether oxygens (including phenoxy) is 1. The standard InChI is InChI=1S/C20H21NO3/c1-15-6-4-5-7-16(15)10-13-19(22)17-8-11-18(12-9-17)24-14-20(23)21(2)3/h4-13H,14H2,1-3H3/b13-10+. The van der Waals surface area contributed by atoms with Gasteiger partial charge >= 0.3 is 0 Å². The summed E-state index contributed by atoms with van der Waals surface area (Å²) in [6.07, 6.45) is 3.38. The topological polar surface area (TPSA) is 46.6 Å². The maximum atomic E-state index is 12.2. The number of rotatable bonds is 6. The third-order valence-corrected chi connectivity index (χ3v) is 3.60. The molecule has 0 aliphatic rings. The van der Waals surface area contributed by atoms with Gasteiger partial charge in [0.15, 0.2) is 12.4 Å². The molecular formula is C20H21NO3. The van der Waals surface area contributed by atoms with Gasteiger partial charge < -0.3 is 9.64 Å². The summed E-state index contributed by atoms with van der Waals surface area (Å²) in [5, 5.41) is 0. The molecule has 0 fully saturated rings. The fourth-order valence-corrected chi connectivity index (χ4v) is 2.03. The minimum absolute atomic E-state index is 0.0204. The third kappa shape index (κ3) is 4.81. The SMILES string of the molecule is Cc1ccccc1/C=C/C(=O)c1ccc(OCC(=O)N(C)C)cc1. The highest BCUT2D eigenvalue weighted by atomic mass is 16.5. The van der Waals surface area contributed by atoms with Crippen LogP contribution in [0.25, 0.3) is 6.08 Å². The van der Waals surface area contributed by atoms with Gasteiger partial charge in [-0.1, -0.05) is 30.3 Å². The van der Waals surface area contributed by atoms with Gasteiger partial charge in [0.2, 0.25) is 0 Å². The second-order valence-electron chi connectivity index (χ2n) is 5.66. The van der Waals surface area contributed by atoms with Crippen molar-refractivity contribution >= 4 is 17.8 Å². The Labute approximate surface area is 142 Å². The molecule has 2 aromatic carbocycles. The van der Waals surface area contributed by atoms with Crippen LogP contribution in [0, 0.1) is 6.92 Å². The van der Waals surface area contributed by atoms with Crippen molar-refractivity contribution in [2.24, 2.45) is 0 Å². The molecule has 0 radical (unpaired) electrons. The van der Waals surface area contributed by atoms with Gasteiger partial charge in [-0.2, -0.15) is 0 Å². The predicted octanol–water partition coefficient (Wildman–Crippen LogP) is 3.36. The Morgan fingerprint density at radius 1 is 1.04 bits per heavy atom. The molecule has 2 aromatic rings. The molecule has 1 amide bonds. The zero-order valence-electron chi connectivity index (χ0n) is 14.2. The highest BCUT2D eigenvalue weighted by Gasteiger charge is 2.06. The summed E-state index contributed by atoms with van der Waals surface area (Å²) in [6, 6.07) is 14.7. The molecule has 0 aromatic heterocycles. The number of likely N-dealkylation sites (N-methyl/N-ethyl adjacent to an activating group) is 1. The number of benzene rings is 2. The molecule has 0 saturated heterocycles. The van der Waals surface area contributed by atoms with Crippen LogP contribution in [0.1, 0.15) is 21.5 Å². The number of aryl methyl sites for hydroxylation is 1. The Bertz CT molecular complexity index is 746. The first kappa shape index (κ1) is 17.5. The van der Waals surface area contributed by atoms with E-state index in [1.54, 1.807) is 44.4 Å². The van der Waals surface area contributed by atoms with Gasteiger partial charge in [0, 0.05) is 19.7 Å². The number of ketones is 1. The van der Waals surface area contributed by atoms with E-state index in [1.165, 1.54) is 4.90 Å². The van der Waals surface area contributed by atoms with Crippen LogP contribution < -0.4 is 4.74 Å². The number of nitrogens with zero attached hydrogens (tertiary/aromatic N) is 1. The van der Waals surface area contributed by atoms with Crippen molar-refractivity contribution in [1.82, 2.24) is 4.90 Å². The Balaban J connectivity index is 1.98. The molecule has 4 heteroatoms. The molecule has 0 aliphatic carbocycles. The zero-order valence-corrected chi connectivity index (χ0v) is 14.2. The minimum Gasteiger partial charge on any atom is -0.484 e. The Kier molecular flexibility index (Phi) is 5.90. The van der Waals surface area contributed by atoms with E-state index < -0.39 is 0 Å². The van der Waals surface area contributed by atoms with Crippen molar-refractivity contribution < 1.29 is 14.3 Å². The fraction of sp³-hybridized carbons (Fsp3) is 0.200. The van der Waals surface area contributed by atoms with Gasteiger partial charge in [0.05, 0.1) is 0 Å². The maximum absolute atomic E-state index is 12.2. The van der Waals surface area contributed by atoms with Crippen molar-refractivity contribution in [3.8, 4) is 5.75 Å². The summed E-state index contributed by atoms with van der Waals surface area (Å²) < 4.78 is 5.39. The van der Waals surface area contributed by atoms with Crippen molar-refractivity contribution in [3.63, 3.8) is 0 Å². The lowest BCUT2D eigenvalue weighted by Gasteiger charge is -2.11. The molecule has 124 valence electrons. The van der Waals surface area contributed by atoms with E-state index in [9.17, 15) is 9.59 Å². The first-order chi connectivity index (χ1) is 11.5. The van der Waals surface area contributed by atoms with E-state index in [4.69, 9.17) is 4.74 Å². The van der Waals surface area contributed by atoms with Crippen molar-refractivity contribution in [1.29, 1.82) is 0 Å². The smallest absolute Gasteiger partial charge is 0.259 e. The van der Waals surface area contributed by atoms with Gasteiger partial charge in [-0.15, -0.1) is 0 Å². The van der Waals surface area contributed by atoms with E-state index in [0.29, 0.717) is 11.3 Å². The van der Waals surface area contributed by atoms with Crippen LogP contribution in [0.2, 0.25) is 0 Å². The summed E-state index contributed by atoms with van der Waals surface area (Å²) in [6.45, 7) is 1.98. The molecule has 0 atom stereocenters. The highest BCUT2D eigenvalue weighted by molar-refractivity contribution is 6.06. The molecule has 0 unspecified atom stereocenters. The summed E-state index contributed by atoms with van der Waals surface area (Å²) in [5.41, 5.74) is 2.72. The summed E-state index contributed by atoms with van der Waals surface area (Å²) >= 11 is 0. The van der Waals surface area contributed by atoms with Gasteiger partial charge in [-0.25, -0.2) is 0 Å². The monoisotopic (exact) mass is 323 g/mol. The van der Waals surface area contributed by atoms with E-state index in [0.717, 1.165) is 11.1 Å². The lowest BCUT2D eigenvalue weighted by Crippen LogP contribution is -2.27. The normalized spacial score (nSPS) is 10.6. The Hall–Kier alpha value is -2.88. The highest BCUT2D eigenvalue weighted by Crippen LogP contribution is 2.14. The lowest BCUT2D eigenvalue weighted by atomic mass is 10.1. The predicted molar refractivity (Wildman–Crippen MR) is 95.2 cm³/mol. The molecule has 0 aliphatic heterocycles. The number of carbonyl (C=O) groups is 2. The van der Waals surface area contributed by atoms with Crippen LogP contribution in [0.3, 0.4) is 0 Å². The van der Waals surface area contributed by atoms with Crippen LogP contribution in [0.15, 0.2) is 54.6 Å². The molecule has 4 nitrogen and oxygen atoms in total. The van der Waals surface area contributed by atoms with E-state index in [-0.39, 0.29) is 18.3 Å². The molecule has 0 bridgehead atoms. The third-order valence-electron chi connectivity index (χ3n) is 3.60. The summed E-state index contributed by atoms with van der Waals surface area (Å²) in [7, 11) is 3.35. The molecule has 24 heavy (non-hydrogen) atoms.